The second-order valence-electron chi connectivity index (χ2n) is 4.57. The van der Waals surface area contributed by atoms with E-state index in [2.05, 4.69) is 38.1 Å². The van der Waals surface area contributed by atoms with Crippen LogP contribution in [0.1, 0.15) is 10.4 Å². The van der Waals surface area contributed by atoms with Crippen molar-refractivity contribution in [2.45, 2.75) is 0 Å². The number of hydrogen-bond acceptors (Lipinski definition) is 5. The van der Waals surface area contributed by atoms with E-state index < -0.39 is 0 Å². The van der Waals surface area contributed by atoms with E-state index in [1.54, 1.807) is 13.2 Å². The molecule has 0 saturated carbocycles. The number of halogens is 1. The molecule has 0 radical (unpaired) electrons. The lowest BCUT2D eigenvalue weighted by Gasteiger charge is -2.03. The van der Waals surface area contributed by atoms with Crippen LogP contribution in [0.15, 0.2) is 48.5 Å². The Hall–Kier alpha value is -2.00. The SMILES string of the molecule is COc1ccc(-c2nnc(NC(=O)c3ccccc3I)s2)cc1. The second kappa shape index (κ2) is 7.05. The number of carbonyl (C=O) groups excluding carboxylic acids is 1. The Labute approximate surface area is 150 Å². The highest BCUT2D eigenvalue weighted by Crippen LogP contribution is 2.28. The van der Waals surface area contributed by atoms with Gasteiger partial charge in [-0.1, -0.05) is 23.5 Å². The number of aromatic nitrogens is 2. The molecule has 0 bridgehead atoms. The smallest absolute Gasteiger partial charge is 0.258 e. The second-order valence-corrected chi connectivity index (χ2v) is 6.71. The molecule has 1 N–H and O–H groups in total. The standard InChI is InChI=1S/C16H12IN3O2S/c1-22-11-8-6-10(7-9-11)15-19-20-16(23-15)18-14(21)12-4-2-3-5-13(12)17/h2-9H,1H3,(H,18,20,21). The Kier molecular flexibility index (Phi) is 4.87. The molecule has 7 heteroatoms. The molecule has 116 valence electrons. The van der Waals surface area contributed by atoms with E-state index in [4.69, 9.17) is 4.74 Å². The first kappa shape index (κ1) is 15.9. The number of carbonyl (C=O) groups is 1. The zero-order valence-corrected chi connectivity index (χ0v) is 15.1. The lowest BCUT2D eigenvalue weighted by molar-refractivity contribution is 0.102. The molecule has 2 aromatic carbocycles. The fraction of sp³-hybridized carbons (Fsp3) is 0.0625. The summed E-state index contributed by atoms with van der Waals surface area (Å²) in [4.78, 5) is 12.3. The summed E-state index contributed by atoms with van der Waals surface area (Å²) in [6.07, 6.45) is 0. The summed E-state index contributed by atoms with van der Waals surface area (Å²) in [7, 11) is 1.62. The van der Waals surface area contributed by atoms with Crippen molar-refractivity contribution >= 4 is 45.0 Å². The summed E-state index contributed by atoms with van der Waals surface area (Å²) in [5.41, 5.74) is 1.55. The van der Waals surface area contributed by atoms with Gasteiger partial charge in [0, 0.05) is 9.13 Å². The minimum atomic E-state index is -0.188. The molecule has 0 fully saturated rings. The van der Waals surface area contributed by atoms with Gasteiger partial charge in [-0.3, -0.25) is 10.1 Å². The maximum Gasteiger partial charge on any atom is 0.258 e. The number of nitrogens with zero attached hydrogens (tertiary/aromatic N) is 2. The van der Waals surface area contributed by atoms with Gasteiger partial charge in [0.2, 0.25) is 5.13 Å². The third kappa shape index (κ3) is 3.67. The van der Waals surface area contributed by atoms with Crippen LogP contribution < -0.4 is 10.1 Å². The Balaban J connectivity index is 1.76. The summed E-state index contributed by atoms with van der Waals surface area (Å²) in [6, 6.07) is 14.9. The van der Waals surface area contributed by atoms with E-state index in [0.29, 0.717) is 10.7 Å². The summed E-state index contributed by atoms with van der Waals surface area (Å²) in [5.74, 6) is 0.595. The van der Waals surface area contributed by atoms with Crippen molar-refractivity contribution in [1.82, 2.24) is 10.2 Å². The lowest BCUT2D eigenvalue weighted by Crippen LogP contribution is -2.13. The molecule has 3 aromatic rings. The molecule has 5 nitrogen and oxygen atoms in total. The van der Waals surface area contributed by atoms with E-state index in [9.17, 15) is 4.79 Å². The molecule has 0 unspecified atom stereocenters. The first-order chi connectivity index (χ1) is 11.2. The van der Waals surface area contributed by atoms with Crippen molar-refractivity contribution in [3.05, 3.63) is 57.7 Å². The molecule has 1 aromatic heterocycles. The van der Waals surface area contributed by atoms with E-state index in [1.165, 1.54) is 11.3 Å². The Morgan fingerprint density at radius 2 is 1.87 bits per heavy atom. The zero-order valence-electron chi connectivity index (χ0n) is 12.1. The summed E-state index contributed by atoms with van der Waals surface area (Å²) >= 11 is 3.47. The fourth-order valence-electron chi connectivity index (χ4n) is 1.93. The monoisotopic (exact) mass is 437 g/mol. The van der Waals surface area contributed by atoms with Crippen molar-refractivity contribution in [3.8, 4) is 16.3 Å². The third-order valence-electron chi connectivity index (χ3n) is 3.10. The topological polar surface area (TPSA) is 64.1 Å². The number of rotatable bonds is 4. The van der Waals surface area contributed by atoms with Gasteiger partial charge in [0.05, 0.1) is 12.7 Å². The van der Waals surface area contributed by atoms with Crippen LogP contribution in [0.5, 0.6) is 5.75 Å². The van der Waals surface area contributed by atoms with Gasteiger partial charge in [0.25, 0.3) is 5.91 Å². The molecule has 0 atom stereocenters. The summed E-state index contributed by atoms with van der Waals surface area (Å²) < 4.78 is 6.02. The zero-order chi connectivity index (χ0) is 16.2. The Bertz CT molecular complexity index is 833. The van der Waals surface area contributed by atoms with Crippen LogP contribution in [0.25, 0.3) is 10.6 Å². The summed E-state index contributed by atoms with van der Waals surface area (Å²) in [5, 5.41) is 12.2. The van der Waals surface area contributed by atoms with Gasteiger partial charge in [-0.2, -0.15) is 0 Å². The first-order valence-corrected chi connectivity index (χ1v) is 8.60. The van der Waals surface area contributed by atoms with Crippen molar-refractivity contribution in [1.29, 1.82) is 0 Å². The molecule has 0 saturated heterocycles. The van der Waals surface area contributed by atoms with Crippen molar-refractivity contribution in [3.63, 3.8) is 0 Å². The molecule has 1 amide bonds. The predicted molar refractivity (Wildman–Crippen MR) is 99.0 cm³/mol. The van der Waals surface area contributed by atoms with Crippen molar-refractivity contribution in [2.24, 2.45) is 0 Å². The highest BCUT2D eigenvalue weighted by atomic mass is 127. The number of methoxy groups -OCH3 is 1. The van der Waals surface area contributed by atoms with E-state index in [0.717, 1.165) is 19.9 Å². The maximum absolute atomic E-state index is 12.3. The van der Waals surface area contributed by atoms with Gasteiger partial charge in [-0.15, -0.1) is 10.2 Å². The van der Waals surface area contributed by atoms with Gasteiger partial charge in [0.15, 0.2) is 0 Å². The maximum atomic E-state index is 12.3. The van der Waals surface area contributed by atoms with Crippen LogP contribution in [0.4, 0.5) is 5.13 Å². The fourth-order valence-corrected chi connectivity index (χ4v) is 3.31. The van der Waals surface area contributed by atoms with E-state index in [-0.39, 0.29) is 5.91 Å². The number of benzene rings is 2. The number of ether oxygens (including phenoxy) is 1. The van der Waals surface area contributed by atoms with Gasteiger partial charge < -0.3 is 4.74 Å². The van der Waals surface area contributed by atoms with Gasteiger partial charge >= 0.3 is 0 Å². The number of anilines is 1. The van der Waals surface area contributed by atoms with Crippen LogP contribution in [-0.2, 0) is 0 Å². The minimum absolute atomic E-state index is 0.188. The molecule has 0 aliphatic rings. The van der Waals surface area contributed by atoms with Crippen LogP contribution >= 0.6 is 33.9 Å². The van der Waals surface area contributed by atoms with E-state index >= 15 is 0 Å². The Morgan fingerprint density at radius 3 is 2.57 bits per heavy atom. The van der Waals surface area contributed by atoms with Gasteiger partial charge in [-0.25, -0.2) is 0 Å². The van der Waals surface area contributed by atoms with Crippen LogP contribution in [0, 0.1) is 3.57 Å². The van der Waals surface area contributed by atoms with Crippen molar-refractivity contribution in [2.75, 3.05) is 12.4 Å². The van der Waals surface area contributed by atoms with Crippen LogP contribution in [0.2, 0.25) is 0 Å². The van der Waals surface area contributed by atoms with Crippen LogP contribution in [0.3, 0.4) is 0 Å². The largest absolute Gasteiger partial charge is 0.497 e. The average Bonchev–Trinajstić information content (AvgIpc) is 3.03. The van der Waals surface area contributed by atoms with E-state index in [1.807, 2.05) is 42.5 Å². The average molecular weight is 437 g/mol. The van der Waals surface area contributed by atoms with Gasteiger partial charge in [-0.05, 0) is 59.0 Å². The predicted octanol–water partition coefficient (Wildman–Crippen LogP) is 4.07. The molecule has 0 spiro atoms. The molecule has 23 heavy (non-hydrogen) atoms. The molecular weight excluding hydrogens is 425 g/mol. The summed E-state index contributed by atoms with van der Waals surface area (Å²) in [6.45, 7) is 0. The molecule has 1 heterocycles. The normalized spacial score (nSPS) is 10.3. The van der Waals surface area contributed by atoms with Crippen molar-refractivity contribution < 1.29 is 9.53 Å². The molecule has 0 aliphatic carbocycles. The number of nitrogens with one attached hydrogen (secondary N) is 1. The molecule has 0 aliphatic heterocycles. The lowest BCUT2D eigenvalue weighted by atomic mass is 10.2. The minimum Gasteiger partial charge on any atom is -0.497 e. The number of hydrogen-bond donors (Lipinski definition) is 1. The highest BCUT2D eigenvalue weighted by molar-refractivity contribution is 14.1. The Morgan fingerprint density at radius 1 is 1.13 bits per heavy atom. The molecule has 3 rings (SSSR count). The third-order valence-corrected chi connectivity index (χ3v) is 4.93. The first-order valence-electron chi connectivity index (χ1n) is 6.71. The quantitative estimate of drug-likeness (QED) is 0.626. The number of amides is 1. The van der Waals surface area contributed by atoms with Gasteiger partial charge in [0.1, 0.15) is 10.8 Å². The molecular formula is C16H12IN3O2S. The van der Waals surface area contributed by atoms with Crippen LogP contribution in [-0.4, -0.2) is 23.2 Å². The highest BCUT2D eigenvalue weighted by Gasteiger charge is 2.13.